The van der Waals surface area contributed by atoms with Crippen molar-refractivity contribution in [3.63, 3.8) is 0 Å². The summed E-state index contributed by atoms with van der Waals surface area (Å²) in [5, 5.41) is 22.3. The van der Waals surface area contributed by atoms with Crippen LogP contribution in [0, 0.1) is 11.3 Å². The van der Waals surface area contributed by atoms with Crippen LogP contribution in [0.2, 0.25) is 0 Å². The summed E-state index contributed by atoms with van der Waals surface area (Å²) in [5.74, 6) is -1.43. The van der Waals surface area contributed by atoms with E-state index >= 15 is 0 Å². The second-order valence-corrected chi connectivity index (χ2v) is 3.12. The predicted octanol–water partition coefficient (Wildman–Crippen LogP) is 0.150. The van der Waals surface area contributed by atoms with E-state index in [1.54, 1.807) is 12.1 Å². The fraction of sp³-hybridized carbons (Fsp3) is 0.364. The van der Waals surface area contributed by atoms with E-state index in [9.17, 15) is 9.59 Å². The quantitative estimate of drug-likeness (QED) is 0.241. The van der Waals surface area contributed by atoms with Gasteiger partial charge in [-0.05, 0) is 6.42 Å². The topological polar surface area (TPSA) is 102 Å². The van der Waals surface area contributed by atoms with Gasteiger partial charge in [-0.3, -0.25) is 9.59 Å². The molecule has 92 valence electrons. The number of carbonyl (C=O) groups is 2. The van der Waals surface area contributed by atoms with E-state index in [0.717, 1.165) is 0 Å². The highest BCUT2D eigenvalue weighted by Crippen LogP contribution is 1.92. The van der Waals surface area contributed by atoms with Crippen molar-refractivity contribution in [3.05, 3.63) is 24.4 Å². The zero-order chi connectivity index (χ0) is 13.1. The average molecular weight is 237 g/mol. The zero-order valence-corrected chi connectivity index (χ0v) is 9.40. The molecule has 0 aliphatic heterocycles. The highest BCUT2D eigenvalue weighted by molar-refractivity contribution is 5.97. The maximum Gasteiger partial charge on any atom is 0.303 e. The van der Waals surface area contributed by atoms with E-state index < -0.39 is 11.9 Å². The van der Waals surface area contributed by atoms with Crippen LogP contribution in [0.4, 0.5) is 0 Å². The molecule has 0 aromatic carbocycles. The summed E-state index contributed by atoms with van der Waals surface area (Å²) < 4.78 is 0. The lowest BCUT2D eigenvalue weighted by Crippen LogP contribution is -2.27. The van der Waals surface area contributed by atoms with Crippen molar-refractivity contribution in [1.29, 1.82) is 5.26 Å². The van der Waals surface area contributed by atoms with Crippen molar-refractivity contribution >= 4 is 11.9 Å². The second-order valence-electron chi connectivity index (χ2n) is 3.12. The maximum atomic E-state index is 11.4. The van der Waals surface area contributed by atoms with Gasteiger partial charge in [-0.1, -0.05) is 6.08 Å². The molecule has 0 atom stereocenters. The predicted molar refractivity (Wildman–Crippen MR) is 61.8 cm³/mol. The van der Waals surface area contributed by atoms with Crippen molar-refractivity contribution in [2.45, 2.75) is 12.8 Å². The van der Waals surface area contributed by atoms with Gasteiger partial charge in [-0.25, -0.2) is 0 Å². The molecular formula is C11H15N3O3. The van der Waals surface area contributed by atoms with Crippen LogP contribution in [0.3, 0.4) is 0 Å². The summed E-state index contributed by atoms with van der Waals surface area (Å²) in [5.41, 5.74) is -0.0535. The lowest BCUT2D eigenvalue weighted by Gasteiger charge is -2.03. The van der Waals surface area contributed by atoms with Crippen molar-refractivity contribution in [2.75, 3.05) is 13.1 Å². The third-order valence-corrected chi connectivity index (χ3v) is 1.73. The lowest BCUT2D eigenvalue weighted by atomic mass is 10.2. The van der Waals surface area contributed by atoms with E-state index in [4.69, 9.17) is 10.4 Å². The zero-order valence-electron chi connectivity index (χ0n) is 9.40. The van der Waals surface area contributed by atoms with E-state index in [-0.39, 0.29) is 18.5 Å². The molecule has 0 saturated carbocycles. The first-order chi connectivity index (χ1) is 8.11. The molecule has 0 fully saturated rings. The Kier molecular flexibility index (Phi) is 7.76. The molecular weight excluding hydrogens is 222 g/mol. The third kappa shape index (κ3) is 7.62. The number of nitrogens with one attached hydrogen (secondary N) is 2. The van der Waals surface area contributed by atoms with Crippen LogP contribution in [0.1, 0.15) is 12.8 Å². The number of aliphatic carboxylic acids is 1. The number of hydrogen-bond donors (Lipinski definition) is 3. The fourth-order valence-corrected chi connectivity index (χ4v) is 0.930. The standard InChI is InChI=1S/C11H15N3O3/c1-2-5-13-8-9(7-12)11(17)14-6-3-4-10(15)16/h2,8,13H,1,3-6H2,(H,14,17)(H,15,16)/b9-8-. The monoisotopic (exact) mass is 237 g/mol. The summed E-state index contributed by atoms with van der Waals surface area (Å²) in [6.45, 7) is 4.16. The minimum Gasteiger partial charge on any atom is -0.481 e. The molecule has 3 N–H and O–H groups in total. The molecule has 0 aliphatic carbocycles. The molecule has 0 spiro atoms. The highest BCUT2D eigenvalue weighted by atomic mass is 16.4. The van der Waals surface area contributed by atoms with Gasteiger partial charge in [0, 0.05) is 25.7 Å². The van der Waals surface area contributed by atoms with Gasteiger partial charge in [0.1, 0.15) is 11.6 Å². The highest BCUT2D eigenvalue weighted by Gasteiger charge is 2.07. The first kappa shape index (κ1) is 14.7. The number of carboxylic acid groups (broad SMARTS) is 1. The minimum absolute atomic E-state index is 0.0133. The molecule has 0 heterocycles. The Hall–Kier alpha value is -2.29. The van der Waals surface area contributed by atoms with E-state index in [0.29, 0.717) is 13.0 Å². The first-order valence-electron chi connectivity index (χ1n) is 5.06. The van der Waals surface area contributed by atoms with Gasteiger partial charge in [0.2, 0.25) is 0 Å². The number of amides is 1. The van der Waals surface area contributed by atoms with Crippen molar-refractivity contribution < 1.29 is 14.7 Å². The van der Waals surface area contributed by atoms with Crippen LogP contribution in [0.25, 0.3) is 0 Å². The molecule has 6 heteroatoms. The Bertz CT molecular complexity index is 355. The largest absolute Gasteiger partial charge is 0.481 e. The van der Waals surface area contributed by atoms with Crippen LogP contribution in [-0.2, 0) is 9.59 Å². The molecule has 0 unspecified atom stereocenters. The van der Waals surface area contributed by atoms with Gasteiger partial charge in [-0.15, -0.1) is 6.58 Å². The molecule has 0 bridgehead atoms. The molecule has 6 nitrogen and oxygen atoms in total. The van der Waals surface area contributed by atoms with Gasteiger partial charge in [0.25, 0.3) is 5.91 Å². The average Bonchev–Trinajstić information content (AvgIpc) is 2.30. The molecule has 0 rings (SSSR count). The number of carboxylic acids is 1. The first-order valence-corrected chi connectivity index (χ1v) is 5.06. The Morgan fingerprint density at radius 3 is 2.71 bits per heavy atom. The van der Waals surface area contributed by atoms with Crippen LogP contribution in [0.15, 0.2) is 24.4 Å². The Labute approximate surface area is 99.6 Å². The molecule has 0 saturated heterocycles. The summed E-state index contributed by atoms with van der Waals surface area (Å²) in [6, 6.07) is 1.75. The second kappa shape index (κ2) is 8.97. The van der Waals surface area contributed by atoms with Gasteiger partial charge in [-0.2, -0.15) is 5.26 Å². The summed E-state index contributed by atoms with van der Waals surface area (Å²) in [4.78, 5) is 21.6. The fourth-order valence-electron chi connectivity index (χ4n) is 0.930. The minimum atomic E-state index is -0.914. The normalized spacial score (nSPS) is 10.2. The lowest BCUT2D eigenvalue weighted by molar-refractivity contribution is -0.137. The molecule has 0 aromatic rings. The van der Waals surface area contributed by atoms with E-state index in [2.05, 4.69) is 17.2 Å². The molecule has 0 radical (unpaired) electrons. The van der Waals surface area contributed by atoms with Crippen LogP contribution < -0.4 is 10.6 Å². The third-order valence-electron chi connectivity index (χ3n) is 1.73. The number of hydrogen-bond acceptors (Lipinski definition) is 4. The van der Waals surface area contributed by atoms with Crippen molar-refractivity contribution in [3.8, 4) is 6.07 Å². The smallest absolute Gasteiger partial charge is 0.303 e. The van der Waals surface area contributed by atoms with Crippen LogP contribution in [-0.4, -0.2) is 30.1 Å². The summed E-state index contributed by atoms with van der Waals surface area (Å²) in [6.07, 6.45) is 3.21. The van der Waals surface area contributed by atoms with E-state index in [1.165, 1.54) is 6.20 Å². The van der Waals surface area contributed by atoms with Crippen LogP contribution in [0.5, 0.6) is 0 Å². The Balaban J connectivity index is 4.01. The van der Waals surface area contributed by atoms with Crippen LogP contribution >= 0.6 is 0 Å². The Morgan fingerprint density at radius 1 is 1.47 bits per heavy atom. The number of rotatable bonds is 8. The summed E-state index contributed by atoms with van der Waals surface area (Å²) >= 11 is 0. The SMILES string of the molecule is C=CCN/C=C(/C#N)C(=O)NCCCC(=O)O. The number of nitrogens with zero attached hydrogens (tertiary/aromatic N) is 1. The molecule has 1 amide bonds. The van der Waals surface area contributed by atoms with Gasteiger partial charge in [0.05, 0.1) is 0 Å². The molecule has 0 aromatic heterocycles. The van der Waals surface area contributed by atoms with Crippen molar-refractivity contribution in [1.82, 2.24) is 10.6 Å². The van der Waals surface area contributed by atoms with Crippen molar-refractivity contribution in [2.24, 2.45) is 0 Å². The van der Waals surface area contributed by atoms with E-state index in [1.807, 2.05) is 0 Å². The van der Waals surface area contributed by atoms with Gasteiger partial charge >= 0.3 is 5.97 Å². The Morgan fingerprint density at radius 2 is 2.18 bits per heavy atom. The van der Waals surface area contributed by atoms with Gasteiger partial charge < -0.3 is 15.7 Å². The molecule has 0 aliphatic rings. The number of nitriles is 1. The molecule has 17 heavy (non-hydrogen) atoms. The van der Waals surface area contributed by atoms with Gasteiger partial charge in [0.15, 0.2) is 0 Å². The summed E-state index contributed by atoms with van der Waals surface area (Å²) in [7, 11) is 0. The maximum absolute atomic E-state index is 11.4. The number of carbonyl (C=O) groups excluding carboxylic acids is 1.